The molecule has 5 nitrogen and oxygen atoms in total. The van der Waals surface area contributed by atoms with Crippen LogP contribution in [-0.4, -0.2) is 16.9 Å². The predicted molar refractivity (Wildman–Crippen MR) is 78.6 cm³/mol. The van der Waals surface area contributed by atoms with Gasteiger partial charge in [-0.2, -0.15) is 5.48 Å². The highest BCUT2D eigenvalue weighted by Crippen LogP contribution is 2.29. The number of hydroxylamine groups is 1. The molecule has 108 valence electrons. The SMILES string of the molecule is O=C(ONC(=O)c1cc(Cl)cc(Cl)c1Cl)c1cccnc1. The van der Waals surface area contributed by atoms with Crippen molar-refractivity contribution in [2.45, 2.75) is 0 Å². The Morgan fingerprint density at radius 2 is 1.95 bits per heavy atom. The van der Waals surface area contributed by atoms with E-state index in [9.17, 15) is 9.59 Å². The molecule has 0 bridgehead atoms. The molecule has 0 unspecified atom stereocenters. The Bertz CT molecular complexity index is 693. The number of benzene rings is 1. The Kier molecular flexibility index (Phi) is 5.01. The molecule has 0 spiro atoms. The fourth-order valence-electron chi connectivity index (χ4n) is 1.41. The van der Waals surface area contributed by atoms with Crippen LogP contribution < -0.4 is 5.48 Å². The van der Waals surface area contributed by atoms with E-state index in [4.69, 9.17) is 34.8 Å². The van der Waals surface area contributed by atoms with Crippen molar-refractivity contribution in [3.05, 3.63) is 62.9 Å². The van der Waals surface area contributed by atoms with Gasteiger partial charge in [0.1, 0.15) is 0 Å². The molecule has 0 radical (unpaired) electrons. The molecule has 0 saturated heterocycles. The smallest absolute Gasteiger partial charge is 0.335 e. The van der Waals surface area contributed by atoms with Gasteiger partial charge in [0, 0.05) is 17.4 Å². The molecule has 1 aromatic carbocycles. The van der Waals surface area contributed by atoms with Crippen LogP contribution >= 0.6 is 34.8 Å². The second-order valence-corrected chi connectivity index (χ2v) is 5.03. The first kappa shape index (κ1) is 15.6. The quantitative estimate of drug-likeness (QED) is 0.667. The Hall–Kier alpha value is -1.82. The molecule has 0 saturated carbocycles. The number of amides is 1. The van der Waals surface area contributed by atoms with Gasteiger partial charge in [-0.05, 0) is 24.3 Å². The third-order valence-corrected chi connectivity index (χ3v) is 3.39. The van der Waals surface area contributed by atoms with Gasteiger partial charge in [-0.3, -0.25) is 9.78 Å². The zero-order valence-electron chi connectivity index (χ0n) is 10.3. The van der Waals surface area contributed by atoms with E-state index in [1.807, 2.05) is 5.48 Å². The summed E-state index contributed by atoms with van der Waals surface area (Å²) in [6, 6.07) is 5.75. The summed E-state index contributed by atoms with van der Waals surface area (Å²) in [7, 11) is 0. The second kappa shape index (κ2) is 6.76. The summed E-state index contributed by atoms with van der Waals surface area (Å²) in [6.45, 7) is 0. The number of nitrogens with one attached hydrogen (secondary N) is 1. The van der Waals surface area contributed by atoms with Crippen LogP contribution in [0, 0.1) is 0 Å². The Labute approximate surface area is 134 Å². The van der Waals surface area contributed by atoms with E-state index < -0.39 is 11.9 Å². The molecule has 0 fully saturated rings. The van der Waals surface area contributed by atoms with E-state index in [1.54, 1.807) is 6.07 Å². The lowest BCUT2D eigenvalue weighted by Gasteiger charge is -2.08. The number of halogens is 3. The van der Waals surface area contributed by atoms with Crippen molar-refractivity contribution in [3.8, 4) is 0 Å². The average Bonchev–Trinajstić information content (AvgIpc) is 2.49. The molecule has 1 aromatic heterocycles. The van der Waals surface area contributed by atoms with Gasteiger partial charge in [0.25, 0.3) is 5.91 Å². The highest BCUT2D eigenvalue weighted by Gasteiger charge is 2.16. The van der Waals surface area contributed by atoms with E-state index in [0.29, 0.717) is 0 Å². The zero-order chi connectivity index (χ0) is 15.4. The molecule has 0 aliphatic carbocycles. The summed E-state index contributed by atoms with van der Waals surface area (Å²) in [6.07, 6.45) is 2.81. The fraction of sp³-hybridized carbons (Fsp3) is 0. The maximum atomic E-state index is 11.9. The highest BCUT2D eigenvalue weighted by molar-refractivity contribution is 6.45. The van der Waals surface area contributed by atoms with Crippen molar-refractivity contribution in [1.82, 2.24) is 10.5 Å². The van der Waals surface area contributed by atoms with Crippen LogP contribution in [0.25, 0.3) is 0 Å². The van der Waals surface area contributed by atoms with Crippen molar-refractivity contribution in [1.29, 1.82) is 0 Å². The lowest BCUT2D eigenvalue weighted by atomic mass is 10.2. The zero-order valence-corrected chi connectivity index (χ0v) is 12.5. The summed E-state index contributed by atoms with van der Waals surface area (Å²) in [5.74, 6) is -1.51. The number of carbonyl (C=O) groups excluding carboxylic acids is 2. The first-order chi connectivity index (χ1) is 9.99. The molecule has 1 heterocycles. The monoisotopic (exact) mass is 344 g/mol. The topological polar surface area (TPSA) is 68.3 Å². The van der Waals surface area contributed by atoms with Crippen LogP contribution in [-0.2, 0) is 4.84 Å². The number of carbonyl (C=O) groups is 2. The number of hydrogen-bond acceptors (Lipinski definition) is 4. The molecule has 8 heteroatoms. The Morgan fingerprint density at radius 3 is 2.62 bits per heavy atom. The summed E-state index contributed by atoms with van der Waals surface area (Å²) >= 11 is 17.5. The molecule has 0 atom stereocenters. The molecule has 1 N–H and O–H groups in total. The van der Waals surface area contributed by atoms with Gasteiger partial charge in [-0.1, -0.05) is 34.8 Å². The molecule has 2 aromatic rings. The minimum atomic E-state index is -0.763. The van der Waals surface area contributed by atoms with Crippen molar-refractivity contribution < 1.29 is 14.4 Å². The van der Waals surface area contributed by atoms with Crippen LogP contribution in [0.3, 0.4) is 0 Å². The minimum absolute atomic E-state index is 0.00634. The van der Waals surface area contributed by atoms with E-state index >= 15 is 0 Å². The van der Waals surface area contributed by atoms with E-state index in [2.05, 4.69) is 9.82 Å². The molecular weight excluding hydrogens is 339 g/mol. The Balaban J connectivity index is 2.08. The molecule has 21 heavy (non-hydrogen) atoms. The highest BCUT2D eigenvalue weighted by atomic mass is 35.5. The van der Waals surface area contributed by atoms with Crippen LogP contribution in [0.15, 0.2) is 36.7 Å². The molecule has 0 aliphatic rings. The largest absolute Gasteiger partial charge is 0.364 e. The van der Waals surface area contributed by atoms with Crippen LogP contribution in [0.2, 0.25) is 15.1 Å². The van der Waals surface area contributed by atoms with Crippen molar-refractivity contribution in [3.63, 3.8) is 0 Å². The van der Waals surface area contributed by atoms with Crippen molar-refractivity contribution in [2.75, 3.05) is 0 Å². The van der Waals surface area contributed by atoms with E-state index in [0.717, 1.165) is 0 Å². The summed E-state index contributed by atoms with van der Waals surface area (Å²) in [5.41, 5.74) is 2.16. The van der Waals surface area contributed by atoms with Gasteiger partial charge in [0.15, 0.2) is 0 Å². The first-order valence-corrected chi connectivity index (χ1v) is 6.68. The molecule has 0 aliphatic heterocycles. The second-order valence-electron chi connectivity index (χ2n) is 3.81. The van der Waals surface area contributed by atoms with Crippen molar-refractivity contribution in [2.24, 2.45) is 0 Å². The maximum Gasteiger partial charge on any atom is 0.364 e. The van der Waals surface area contributed by atoms with Gasteiger partial charge in [-0.25, -0.2) is 4.79 Å². The molecule has 2 rings (SSSR count). The fourth-order valence-corrected chi connectivity index (χ4v) is 2.10. The predicted octanol–water partition coefficient (Wildman–Crippen LogP) is 3.54. The van der Waals surface area contributed by atoms with Crippen LogP contribution in [0.4, 0.5) is 0 Å². The number of nitrogens with zero attached hydrogens (tertiary/aromatic N) is 1. The number of pyridine rings is 1. The normalized spacial score (nSPS) is 10.0. The molecule has 1 amide bonds. The average molecular weight is 346 g/mol. The van der Waals surface area contributed by atoms with Gasteiger partial charge in [0.2, 0.25) is 0 Å². The van der Waals surface area contributed by atoms with E-state index in [1.165, 1.54) is 30.6 Å². The number of aromatic nitrogens is 1. The van der Waals surface area contributed by atoms with Gasteiger partial charge in [-0.15, -0.1) is 0 Å². The van der Waals surface area contributed by atoms with Crippen LogP contribution in [0.5, 0.6) is 0 Å². The molecular formula is C13H7Cl3N2O3. The summed E-state index contributed by atoms with van der Waals surface area (Å²) in [4.78, 5) is 32.0. The third-order valence-electron chi connectivity index (χ3n) is 2.37. The summed E-state index contributed by atoms with van der Waals surface area (Å²) in [5, 5.41) is 0.358. The standard InChI is InChI=1S/C13H7Cl3N2O3/c14-8-4-9(11(16)10(15)5-8)12(19)18-21-13(20)7-2-1-3-17-6-7/h1-6H,(H,18,19). The lowest BCUT2D eigenvalue weighted by molar-refractivity contribution is 0.0230. The van der Waals surface area contributed by atoms with Crippen molar-refractivity contribution >= 4 is 46.7 Å². The van der Waals surface area contributed by atoms with Gasteiger partial charge >= 0.3 is 5.97 Å². The number of rotatable bonds is 2. The van der Waals surface area contributed by atoms with E-state index in [-0.39, 0.29) is 26.2 Å². The first-order valence-electron chi connectivity index (χ1n) is 5.55. The van der Waals surface area contributed by atoms with Crippen LogP contribution in [0.1, 0.15) is 20.7 Å². The van der Waals surface area contributed by atoms with Gasteiger partial charge in [0.05, 0.1) is 21.2 Å². The number of hydrogen-bond donors (Lipinski definition) is 1. The Morgan fingerprint density at radius 1 is 1.19 bits per heavy atom. The third kappa shape index (κ3) is 3.85. The van der Waals surface area contributed by atoms with Gasteiger partial charge < -0.3 is 4.84 Å². The maximum absolute atomic E-state index is 11.9. The summed E-state index contributed by atoms with van der Waals surface area (Å²) < 4.78 is 0. The minimum Gasteiger partial charge on any atom is -0.335 e. The lowest BCUT2D eigenvalue weighted by Crippen LogP contribution is -2.27.